The molecule has 2 aliphatic heterocycles. The van der Waals surface area contributed by atoms with Gasteiger partial charge in [-0.3, -0.25) is 0 Å². The predicted octanol–water partition coefficient (Wildman–Crippen LogP) is 1.49. The summed E-state index contributed by atoms with van der Waals surface area (Å²) in [6.45, 7) is 1.30. The molecule has 0 aromatic rings. The zero-order valence-electron chi connectivity index (χ0n) is 6.31. The van der Waals surface area contributed by atoms with Gasteiger partial charge in [0.2, 0.25) is 0 Å². The predicted molar refractivity (Wildman–Crippen MR) is 46.5 cm³/mol. The Labute approximate surface area is 67.0 Å². The number of hydrogen-bond donors (Lipinski definition) is 1. The minimum absolute atomic E-state index is 0.880. The molecule has 2 heteroatoms. The van der Waals surface area contributed by atoms with Crippen LogP contribution < -0.4 is 5.32 Å². The summed E-state index contributed by atoms with van der Waals surface area (Å²) in [7, 11) is 0. The van der Waals surface area contributed by atoms with Gasteiger partial charge in [-0.15, -0.1) is 0 Å². The van der Waals surface area contributed by atoms with E-state index in [2.05, 4.69) is 17.1 Å². The van der Waals surface area contributed by atoms with Gasteiger partial charge in [0.1, 0.15) is 0 Å². The van der Waals surface area contributed by atoms with Gasteiger partial charge in [0.25, 0.3) is 0 Å². The smallest absolute Gasteiger partial charge is 0.0198 e. The molecule has 58 valence electrons. The zero-order valence-corrected chi connectivity index (χ0v) is 7.12. The topological polar surface area (TPSA) is 12.0 Å². The summed E-state index contributed by atoms with van der Waals surface area (Å²) in [5.41, 5.74) is 0. The maximum atomic E-state index is 3.49. The lowest BCUT2D eigenvalue weighted by atomic mass is 9.88. The fraction of sp³-hybridized carbons (Fsp3) is 1.00. The van der Waals surface area contributed by atoms with Gasteiger partial charge in [-0.2, -0.15) is 11.8 Å². The summed E-state index contributed by atoms with van der Waals surface area (Å²) in [4.78, 5) is 0. The SMILES string of the molecule is C1CCC2CNC2CSC1. The molecule has 10 heavy (non-hydrogen) atoms. The number of hydrogen-bond acceptors (Lipinski definition) is 2. The molecule has 0 aliphatic carbocycles. The summed E-state index contributed by atoms with van der Waals surface area (Å²) < 4.78 is 0. The standard InChI is InChI=1S/C8H15NS/c1-2-4-10-6-8-7(3-1)5-9-8/h7-9H,1-6H2. The van der Waals surface area contributed by atoms with Crippen LogP contribution in [0.15, 0.2) is 0 Å². The van der Waals surface area contributed by atoms with Gasteiger partial charge in [0.05, 0.1) is 0 Å². The van der Waals surface area contributed by atoms with Crippen LogP contribution in [0.2, 0.25) is 0 Å². The van der Waals surface area contributed by atoms with Crippen LogP contribution in [-0.4, -0.2) is 24.1 Å². The van der Waals surface area contributed by atoms with Crippen LogP contribution in [0.4, 0.5) is 0 Å². The van der Waals surface area contributed by atoms with E-state index < -0.39 is 0 Å². The molecule has 0 aromatic carbocycles. The average molecular weight is 157 g/mol. The first-order valence-corrected chi connectivity index (χ1v) is 5.43. The Hall–Kier alpha value is 0.310. The van der Waals surface area contributed by atoms with Gasteiger partial charge in [-0.25, -0.2) is 0 Å². The van der Waals surface area contributed by atoms with E-state index in [1.165, 1.54) is 37.3 Å². The van der Waals surface area contributed by atoms with E-state index in [9.17, 15) is 0 Å². The third-order valence-corrected chi connectivity index (χ3v) is 3.79. The van der Waals surface area contributed by atoms with Crippen LogP contribution in [0, 0.1) is 5.92 Å². The number of fused-ring (bicyclic) bond motifs is 1. The fourth-order valence-electron chi connectivity index (χ4n) is 1.77. The molecule has 0 bridgehead atoms. The number of rotatable bonds is 0. The fourth-order valence-corrected chi connectivity index (χ4v) is 2.99. The highest BCUT2D eigenvalue weighted by atomic mass is 32.2. The van der Waals surface area contributed by atoms with Gasteiger partial charge in [-0.05, 0) is 31.1 Å². The maximum absolute atomic E-state index is 3.49. The molecule has 1 nitrogen and oxygen atoms in total. The molecule has 2 aliphatic rings. The minimum atomic E-state index is 0.880. The lowest BCUT2D eigenvalue weighted by molar-refractivity contribution is 0.233. The minimum Gasteiger partial charge on any atom is -0.312 e. The third kappa shape index (κ3) is 1.32. The number of nitrogens with one attached hydrogen (secondary N) is 1. The van der Waals surface area contributed by atoms with Gasteiger partial charge < -0.3 is 5.32 Å². The largest absolute Gasteiger partial charge is 0.312 e. The Balaban J connectivity index is 1.83. The van der Waals surface area contributed by atoms with E-state index in [1.807, 2.05) is 0 Å². The van der Waals surface area contributed by atoms with Crippen LogP contribution >= 0.6 is 11.8 Å². The summed E-state index contributed by atoms with van der Waals surface area (Å²) in [6, 6.07) is 0.880. The van der Waals surface area contributed by atoms with Gasteiger partial charge in [0, 0.05) is 11.8 Å². The Morgan fingerprint density at radius 3 is 3.10 bits per heavy atom. The van der Waals surface area contributed by atoms with E-state index in [0.717, 1.165) is 12.0 Å². The Morgan fingerprint density at radius 2 is 2.30 bits per heavy atom. The molecule has 0 spiro atoms. The summed E-state index contributed by atoms with van der Waals surface area (Å²) >= 11 is 2.13. The summed E-state index contributed by atoms with van der Waals surface area (Å²) in [5, 5.41) is 3.49. The van der Waals surface area contributed by atoms with Crippen molar-refractivity contribution in [2.45, 2.75) is 25.3 Å². The lowest BCUT2D eigenvalue weighted by Crippen LogP contribution is -2.54. The van der Waals surface area contributed by atoms with Crippen molar-refractivity contribution in [2.75, 3.05) is 18.1 Å². The van der Waals surface area contributed by atoms with Crippen molar-refractivity contribution < 1.29 is 0 Å². The third-order valence-electron chi connectivity index (χ3n) is 2.62. The first-order valence-electron chi connectivity index (χ1n) is 4.28. The van der Waals surface area contributed by atoms with E-state index in [4.69, 9.17) is 0 Å². The number of thioether (sulfide) groups is 1. The zero-order chi connectivity index (χ0) is 6.81. The molecule has 2 rings (SSSR count). The Bertz CT molecular complexity index is 102. The quantitative estimate of drug-likeness (QED) is 0.572. The first-order chi connectivity index (χ1) is 4.97. The normalized spacial score (nSPS) is 40.8. The molecular weight excluding hydrogens is 142 g/mol. The highest BCUT2D eigenvalue weighted by Crippen LogP contribution is 2.26. The highest BCUT2D eigenvalue weighted by molar-refractivity contribution is 7.99. The van der Waals surface area contributed by atoms with E-state index in [-0.39, 0.29) is 0 Å². The molecular formula is C8H15NS. The molecule has 2 atom stereocenters. The molecule has 2 heterocycles. The molecule has 2 fully saturated rings. The second kappa shape index (κ2) is 3.14. The van der Waals surface area contributed by atoms with Crippen molar-refractivity contribution in [3.05, 3.63) is 0 Å². The highest BCUT2D eigenvalue weighted by Gasteiger charge is 2.29. The van der Waals surface area contributed by atoms with E-state index >= 15 is 0 Å². The summed E-state index contributed by atoms with van der Waals surface area (Å²) in [6.07, 6.45) is 4.40. The molecule has 0 radical (unpaired) electrons. The van der Waals surface area contributed by atoms with Crippen LogP contribution in [0.3, 0.4) is 0 Å². The van der Waals surface area contributed by atoms with Crippen molar-refractivity contribution in [1.29, 1.82) is 0 Å². The lowest BCUT2D eigenvalue weighted by Gasteiger charge is -2.39. The second-order valence-electron chi connectivity index (χ2n) is 3.35. The van der Waals surface area contributed by atoms with Crippen LogP contribution in [0.25, 0.3) is 0 Å². The van der Waals surface area contributed by atoms with E-state index in [0.29, 0.717) is 0 Å². The van der Waals surface area contributed by atoms with Crippen LogP contribution in [0.1, 0.15) is 19.3 Å². The van der Waals surface area contributed by atoms with Crippen molar-refractivity contribution >= 4 is 11.8 Å². The molecule has 0 aromatic heterocycles. The summed E-state index contributed by atoms with van der Waals surface area (Å²) in [5.74, 6) is 3.79. The van der Waals surface area contributed by atoms with Crippen LogP contribution in [0.5, 0.6) is 0 Å². The van der Waals surface area contributed by atoms with Crippen LogP contribution in [-0.2, 0) is 0 Å². The molecule has 1 N–H and O–H groups in total. The Morgan fingerprint density at radius 1 is 1.30 bits per heavy atom. The van der Waals surface area contributed by atoms with Crippen molar-refractivity contribution in [3.8, 4) is 0 Å². The van der Waals surface area contributed by atoms with Gasteiger partial charge >= 0.3 is 0 Å². The Kier molecular flexibility index (Phi) is 2.19. The molecule has 0 amide bonds. The molecule has 2 saturated heterocycles. The first kappa shape index (κ1) is 6.99. The van der Waals surface area contributed by atoms with Gasteiger partial charge in [-0.1, -0.05) is 6.42 Å². The van der Waals surface area contributed by atoms with Crippen molar-refractivity contribution in [2.24, 2.45) is 5.92 Å². The second-order valence-corrected chi connectivity index (χ2v) is 4.50. The van der Waals surface area contributed by atoms with Crippen molar-refractivity contribution in [1.82, 2.24) is 5.32 Å². The molecule has 0 saturated carbocycles. The molecule has 2 unspecified atom stereocenters. The average Bonchev–Trinajstić information content (AvgIpc) is 1.89. The monoisotopic (exact) mass is 157 g/mol. The van der Waals surface area contributed by atoms with Crippen molar-refractivity contribution in [3.63, 3.8) is 0 Å². The van der Waals surface area contributed by atoms with E-state index in [1.54, 1.807) is 0 Å². The van der Waals surface area contributed by atoms with Gasteiger partial charge in [0.15, 0.2) is 0 Å². The maximum Gasteiger partial charge on any atom is 0.0198 e.